The van der Waals surface area contributed by atoms with Gasteiger partial charge in [-0.1, -0.05) is 121 Å². The van der Waals surface area contributed by atoms with Gasteiger partial charge in [0.25, 0.3) is 0 Å². The van der Waals surface area contributed by atoms with Gasteiger partial charge in [-0.25, -0.2) is 4.98 Å². The third-order valence-electron chi connectivity index (χ3n) is 7.82. The Bertz CT molecular complexity index is 1260. The molecule has 0 unspecified atom stereocenters. The molecule has 38 heavy (non-hydrogen) atoms. The van der Waals surface area contributed by atoms with E-state index in [4.69, 9.17) is 4.98 Å². The van der Waals surface area contributed by atoms with Gasteiger partial charge in [-0.05, 0) is 42.9 Å². The lowest BCUT2D eigenvalue weighted by Crippen LogP contribution is -2.31. The quantitative estimate of drug-likeness (QED) is 0.179. The van der Waals surface area contributed by atoms with Crippen LogP contribution in [0, 0.1) is 5.92 Å². The molecular weight excluding hydrogens is 530 g/mol. The topological polar surface area (TPSA) is 21.1 Å². The van der Waals surface area contributed by atoms with Crippen LogP contribution in [0.1, 0.15) is 63.1 Å². The summed E-state index contributed by atoms with van der Waals surface area (Å²) < 4.78 is 3.66. The average molecular weight is 571 g/mol. The fraction of sp³-hybridized carbons (Fsp3) is 0.382. The molecule has 0 atom stereocenters. The molecule has 0 radical (unpaired) electrons. The van der Waals surface area contributed by atoms with Crippen LogP contribution in [-0.2, 0) is 19.6 Å². The SMILES string of the molecule is CCCCn1c(-c2ccccc2)nc(-c2ccccc2)c1CN(Cc1ccc(Br)cc1)CC1CCCCC1. The highest BCUT2D eigenvalue weighted by Crippen LogP contribution is 2.32. The van der Waals surface area contributed by atoms with Gasteiger partial charge in [0, 0.05) is 41.8 Å². The molecule has 1 aliphatic carbocycles. The zero-order valence-electron chi connectivity index (χ0n) is 22.7. The summed E-state index contributed by atoms with van der Waals surface area (Å²) in [5.74, 6) is 1.87. The van der Waals surface area contributed by atoms with Gasteiger partial charge in [0.2, 0.25) is 0 Å². The number of rotatable bonds is 11. The van der Waals surface area contributed by atoms with Crippen molar-refractivity contribution in [2.24, 2.45) is 5.92 Å². The molecular formula is C34H40BrN3. The van der Waals surface area contributed by atoms with Crippen LogP contribution < -0.4 is 0 Å². The van der Waals surface area contributed by atoms with Gasteiger partial charge in [-0.15, -0.1) is 0 Å². The molecule has 0 N–H and O–H groups in total. The number of benzene rings is 3. The van der Waals surface area contributed by atoms with Crippen LogP contribution in [0.4, 0.5) is 0 Å². The Morgan fingerprint density at radius 3 is 2.13 bits per heavy atom. The van der Waals surface area contributed by atoms with Gasteiger partial charge >= 0.3 is 0 Å². The first-order valence-electron chi connectivity index (χ1n) is 14.4. The molecule has 1 saturated carbocycles. The average Bonchev–Trinajstić information content (AvgIpc) is 3.32. The highest BCUT2D eigenvalue weighted by atomic mass is 79.9. The molecule has 4 heteroatoms. The van der Waals surface area contributed by atoms with E-state index in [1.807, 2.05) is 0 Å². The maximum absolute atomic E-state index is 5.35. The van der Waals surface area contributed by atoms with Crippen LogP contribution in [-0.4, -0.2) is 21.0 Å². The van der Waals surface area contributed by atoms with E-state index in [0.717, 1.165) is 60.9 Å². The first-order valence-corrected chi connectivity index (χ1v) is 15.2. The number of unbranched alkanes of at least 4 members (excludes halogenated alkanes) is 1. The molecule has 3 nitrogen and oxygen atoms in total. The summed E-state index contributed by atoms with van der Waals surface area (Å²) in [6.07, 6.45) is 9.16. The first-order chi connectivity index (χ1) is 18.7. The summed E-state index contributed by atoms with van der Waals surface area (Å²) in [4.78, 5) is 8.05. The van der Waals surface area contributed by atoms with E-state index < -0.39 is 0 Å². The molecule has 1 aromatic heterocycles. The minimum Gasteiger partial charge on any atom is -0.326 e. The molecule has 1 aliphatic rings. The third-order valence-corrected chi connectivity index (χ3v) is 8.35. The fourth-order valence-electron chi connectivity index (χ4n) is 5.82. The van der Waals surface area contributed by atoms with Crippen molar-refractivity contribution in [3.05, 3.63) is 101 Å². The van der Waals surface area contributed by atoms with Crippen LogP contribution in [0.3, 0.4) is 0 Å². The Kier molecular flexibility index (Phi) is 9.48. The summed E-state index contributed by atoms with van der Waals surface area (Å²) in [5, 5.41) is 0. The summed E-state index contributed by atoms with van der Waals surface area (Å²) in [6.45, 7) is 6.27. The van der Waals surface area contributed by atoms with E-state index in [2.05, 4.69) is 117 Å². The Hall–Kier alpha value is -2.69. The Balaban J connectivity index is 1.56. The van der Waals surface area contributed by atoms with Crippen molar-refractivity contribution in [3.63, 3.8) is 0 Å². The lowest BCUT2D eigenvalue weighted by molar-refractivity contribution is 0.183. The van der Waals surface area contributed by atoms with Gasteiger partial charge in [-0.3, -0.25) is 4.90 Å². The molecule has 0 saturated heterocycles. The highest BCUT2D eigenvalue weighted by molar-refractivity contribution is 9.10. The van der Waals surface area contributed by atoms with Crippen LogP contribution in [0.2, 0.25) is 0 Å². The molecule has 0 bridgehead atoms. The number of hydrogen-bond acceptors (Lipinski definition) is 2. The fourth-order valence-corrected chi connectivity index (χ4v) is 6.08. The van der Waals surface area contributed by atoms with Crippen molar-refractivity contribution in [1.82, 2.24) is 14.5 Å². The van der Waals surface area contributed by atoms with Crippen molar-refractivity contribution in [1.29, 1.82) is 0 Å². The standard InChI is InChI=1S/C34H40BrN3/c1-2-3-23-38-32(33(29-15-9-5-10-16-29)36-34(38)30-17-11-6-12-18-30)26-37(24-27-13-7-4-8-14-27)25-28-19-21-31(35)22-20-28/h5-6,9-12,15-22,27H,2-4,7-8,13-14,23-26H2,1H3. The van der Waals surface area contributed by atoms with Crippen molar-refractivity contribution in [2.75, 3.05) is 6.54 Å². The molecule has 4 aromatic rings. The predicted molar refractivity (Wildman–Crippen MR) is 163 cm³/mol. The third kappa shape index (κ3) is 6.84. The highest BCUT2D eigenvalue weighted by Gasteiger charge is 2.24. The second kappa shape index (κ2) is 13.4. The van der Waals surface area contributed by atoms with E-state index in [0.29, 0.717) is 0 Å². The van der Waals surface area contributed by atoms with Crippen LogP contribution >= 0.6 is 15.9 Å². The van der Waals surface area contributed by atoms with Gasteiger partial charge in [0.15, 0.2) is 0 Å². The number of aromatic nitrogens is 2. The van der Waals surface area contributed by atoms with E-state index >= 15 is 0 Å². The largest absolute Gasteiger partial charge is 0.326 e. The molecule has 198 valence electrons. The maximum atomic E-state index is 5.35. The number of imidazole rings is 1. The maximum Gasteiger partial charge on any atom is 0.140 e. The minimum atomic E-state index is 0.778. The smallest absolute Gasteiger partial charge is 0.140 e. The predicted octanol–water partition coefficient (Wildman–Crippen LogP) is 9.36. The molecule has 3 aromatic carbocycles. The molecule has 1 fully saturated rings. The van der Waals surface area contributed by atoms with Gasteiger partial charge in [0.1, 0.15) is 5.82 Å². The van der Waals surface area contributed by atoms with Gasteiger partial charge in [0.05, 0.1) is 11.4 Å². The van der Waals surface area contributed by atoms with Crippen molar-refractivity contribution in [3.8, 4) is 22.6 Å². The number of hydrogen-bond donors (Lipinski definition) is 0. The van der Waals surface area contributed by atoms with Gasteiger partial charge < -0.3 is 4.57 Å². The normalized spacial score (nSPS) is 14.3. The monoisotopic (exact) mass is 569 g/mol. The Morgan fingerprint density at radius 1 is 0.816 bits per heavy atom. The van der Waals surface area contributed by atoms with E-state index in [1.165, 1.54) is 54.5 Å². The minimum absolute atomic E-state index is 0.778. The Labute approximate surface area is 237 Å². The lowest BCUT2D eigenvalue weighted by atomic mass is 9.89. The number of halogens is 1. The second-order valence-corrected chi connectivity index (χ2v) is 11.7. The molecule has 0 spiro atoms. The first kappa shape index (κ1) is 26.9. The molecule has 1 heterocycles. The lowest BCUT2D eigenvalue weighted by Gasteiger charge is -2.30. The van der Waals surface area contributed by atoms with Crippen LogP contribution in [0.15, 0.2) is 89.4 Å². The van der Waals surface area contributed by atoms with E-state index in [-0.39, 0.29) is 0 Å². The van der Waals surface area contributed by atoms with Crippen LogP contribution in [0.5, 0.6) is 0 Å². The zero-order chi connectivity index (χ0) is 26.2. The second-order valence-electron chi connectivity index (χ2n) is 10.8. The van der Waals surface area contributed by atoms with E-state index in [9.17, 15) is 0 Å². The molecule has 0 aliphatic heterocycles. The Morgan fingerprint density at radius 2 is 1.47 bits per heavy atom. The summed E-state index contributed by atoms with van der Waals surface area (Å²) >= 11 is 3.61. The summed E-state index contributed by atoms with van der Waals surface area (Å²) in [7, 11) is 0. The molecule has 5 rings (SSSR count). The number of nitrogens with zero attached hydrogens (tertiary/aromatic N) is 3. The van der Waals surface area contributed by atoms with Crippen molar-refractivity contribution >= 4 is 15.9 Å². The van der Waals surface area contributed by atoms with Crippen LogP contribution in [0.25, 0.3) is 22.6 Å². The van der Waals surface area contributed by atoms with Crippen molar-refractivity contribution in [2.45, 2.75) is 71.5 Å². The summed E-state index contributed by atoms with van der Waals surface area (Å²) in [5.41, 5.74) is 6.24. The molecule has 0 amide bonds. The summed E-state index contributed by atoms with van der Waals surface area (Å²) in [6, 6.07) is 30.4. The zero-order valence-corrected chi connectivity index (χ0v) is 24.2. The van der Waals surface area contributed by atoms with Crippen molar-refractivity contribution < 1.29 is 0 Å². The van der Waals surface area contributed by atoms with E-state index in [1.54, 1.807) is 0 Å². The van der Waals surface area contributed by atoms with Gasteiger partial charge in [-0.2, -0.15) is 0 Å².